The third-order valence-electron chi connectivity index (χ3n) is 5.74. The van der Waals surface area contributed by atoms with E-state index in [0.29, 0.717) is 38.2 Å². The second-order valence-electron chi connectivity index (χ2n) is 8.14. The molecular weight excluding hydrogens is 392 g/mol. The molecular formula is C23H28N6O2. The number of benzene rings is 1. The molecule has 1 aliphatic heterocycles. The fourth-order valence-electron chi connectivity index (χ4n) is 4.05. The molecule has 2 amide bonds. The van der Waals surface area contributed by atoms with Gasteiger partial charge in [0.15, 0.2) is 0 Å². The van der Waals surface area contributed by atoms with Crippen molar-refractivity contribution in [3.05, 3.63) is 60.3 Å². The predicted molar refractivity (Wildman–Crippen MR) is 117 cm³/mol. The molecule has 31 heavy (non-hydrogen) atoms. The number of aryl methyl sites for hydroxylation is 1. The Labute approximate surface area is 181 Å². The molecule has 0 radical (unpaired) electrons. The fraction of sp³-hybridized carbons (Fsp3) is 0.391. The van der Waals surface area contributed by atoms with Gasteiger partial charge in [0.25, 0.3) is 5.91 Å². The van der Waals surface area contributed by atoms with Crippen LogP contribution in [0.2, 0.25) is 0 Å². The van der Waals surface area contributed by atoms with E-state index in [0.717, 1.165) is 24.1 Å². The van der Waals surface area contributed by atoms with E-state index >= 15 is 0 Å². The summed E-state index contributed by atoms with van der Waals surface area (Å²) in [5.41, 5.74) is 3.43. The zero-order valence-corrected chi connectivity index (χ0v) is 17.8. The quantitative estimate of drug-likeness (QED) is 0.614. The third-order valence-corrected chi connectivity index (χ3v) is 5.74. The van der Waals surface area contributed by atoms with Gasteiger partial charge in [0, 0.05) is 50.6 Å². The van der Waals surface area contributed by atoms with Crippen LogP contribution < -0.4 is 5.32 Å². The number of rotatable bonds is 7. The van der Waals surface area contributed by atoms with Gasteiger partial charge in [0.05, 0.1) is 23.8 Å². The number of piperidine rings is 1. The average Bonchev–Trinajstić information content (AvgIpc) is 3.46. The van der Waals surface area contributed by atoms with E-state index < -0.39 is 0 Å². The number of hydrogen-bond acceptors (Lipinski definition) is 4. The van der Waals surface area contributed by atoms with Crippen molar-refractivity contribution in [3.63, 3.8) is 0 Å². The van der Waals surface area contributed by atoms with E-state index in [2.05, 4.69) is 20.5 Å². The van der Waals surface area contributed by atoms with Gasteiger partial charge >= 0.3 is 0 Å². The Hall–Kier alpha value is -3.42. The van der Waals surface area contributed by atoms with E-state index in [1.165, 1.54) is 5.56 Å². The normalized spacial score (nSPS) is 16.3. The van der Waals surface area contributed by atoms with Crippen LogP contribution in [-0.2, 0) is 11.3 Å². The lowest BCUT2D eigenvalue weighted by molar-refractivity contribution is -0.122. The number of aromatic amines is 1. The Morgan fingerprint density at radius 2 is 2.10 bits per heavy atom. The average molecular weight is 421 g/mol. The molecule has 2 aromatic heterocycles. The molecule has 3 heterocycles. The van der Waals surface area contributed by atoms with Gasteiger partial charge in [-0.15, -0.1) is 0 Å². The lowest BCUT2D eigenvalue weighted by atomic mass is 9.93. The monoisotopic (exact) mass is 420 g/mol. The number of H-pyrrole nitrogens is 1. The standard InChI is InChI=1S/C23H28N6O2/c1-17-4-6-19(7-5-17)22-20(14-26-27-22)23(31)29-10-2-3-18(15-29)13-21(30)25-9-12-28-11-8-24-16-28/h4-8,11,14,16,18H,2-3,9-10,12-13,15H2,1H3,(H,25,30)(H,26,27). The van der Waals surface area contributed by atoms with Crippen molar-refractivity contribution in [2.45, 2.75) is 32.7 Å². The molecule has 162 valence electrons. The van der Waals surface area contributed by atoms with Crippen LogP contribution in [0.4, 0.5) is 0 Å². The van der Waals surface area contributed by atoms with Crippen LogP contribution in [0, 0.1) is 12.8 Å². The minimum absolute atomic E-state index is 0.0306. The minimum atomic E-state index is -0.0328. The molecule has 1 saturated heterocycles. The van der Waals surface area contributed by atoms with Crippen molar-refractivity contribution < 1.29 is 9.59 Å². The lowest BCUT2D eigenvalue weighted by Crippen LogP contribution is -2.41. The molecule has 0 spiro atoms. The number of carbonyl (C=O) groups excluding carboxylic acids is 2. The summed E-state index contributed by atoms with van der Waals surface area (Å²) in [4.78, 5) is 31.4. The maximum Gasteiger partial charge on any atom is 0.257 e. The Morgan fingerprint density at radius 1 is 1.26 bits per heavy atom. The van der Waals surface area contributed by atoms with Crippen molar-refractivity contribution in [1.29, 1.82) is 0 Å². The van der Waals surface area contributed by atoms with Crippen LogP contribution >= 0.6 is 0 Å². The number of nitrogens with one attached hydrogen (secondary N) is 2. The second-order valence-corrected chi connectivity index (χ2v) is 8.14. The highest BCUT2D eigenvalue weighted by Crippen LogP contribution is 2.26. The maximum atomic E-state index is 13.2. The fourth-order valence-corrected chi connectivity index (χ4v) is 4.05. The summed E-state index contributed by atoms with van der Waals surface area (Å²) in [6.07, 6.45) is 9.22. The van der Waals surface area contributed by atoms with Gasteiger partial charge < -0.3 is 14.8 Å². The molecule has 8 heteroatoms. The Morgan fingerprint density at radius 3 is 2.87 bits per heavy atom. The van der Waals surface area contributed by atoms with Crippen LogP contribution in [-0.4, -0.2) is 56.1 Å². The largest absolute Gasteiger partial charge is 0.354 e. The summed E-state index contributed by atoms with van der Waals surface area (Å²) in [6.45, 7) is 4.59. The number of hydrogen-bond donors (Lipinski definition) is 2. The van der Waals surface area contributed by atoms with E-state index in [1.807, 2.05) is 46.9 Å². The highest BCUT2D eigenvalue weighted by molar-refractivity contribution is 5.99. The van der Waals surface area contributed by atoms with Crippen molar-refractivity contribution in [2.75, 3.05) is 19.6 Å². The van der Waals surface area contributed by atoms with Crippen molar-refractivity contribution in [3.8, 4) is 11.3 Å². The number of carbonyl (C=O) groups is 2. The molecule has 1 fully saturated rings. The highest BCUT2D eigenvalue weighted by Gasteiger charge is 2.28. The first kappa shape index (κ1) is 20.8. The second kappa shape index (κ2) is 9.59. The van der Waals surface area contributed by atoms with Crippen molar-refractivity contribution in [2.24, 2.45) is 5.92 Å². The van der Waals surface area contributed by atoms with E-state index in [1.54, 1.807) is 18.7 Å². The van der Waals surface area contributed by atoms with Crippen LogP contribution in [0.15, 0.2) is 49.2 Å². The van der Waals surface area contributed by atoms with Crippen LogP contribution in [0.1, 0.15) is 35.2 Å². The van der Waals surface area contributed by atoms with Crippen molar-refractivity contribution in [1.82, 2.24) is 30.0 Å². The third kappa shape index (κ3) is 5.20. The van der Waals surface area contributed by atoms with Crippen LogP contribution in [0.3, 0.4) is 0 Å². The lowest BCUT2D eigenvalue weighted by Gasteiger charge is -2.32. The summed E-state index contributed by atoms with van der Waals surface area (Å²) in [6, 6.07) is 8.03. The number of imidazole rings is 1. The molecule has 0 bridgehead atoms. The van der Waals surface area contributed by atoms with Gasteiger partial charge in [0.2, 0.25) is 5.91 Å². The van der Waals surface area contributed by atoms with Gasteiger partial charge in [-0.1, -0.05) is 29.8 Å². The van der Waals surface area contributed by atoms with Gasteiger partial charge in [0.1, 0.15) is 0 Å². The summed E-state index contributed by atoms with van der Waals surface area (Å²) >= 11 is 0. The molecule has 1 atom stereocenters. The van der Waals surface area contributed by atoms with Gasteiger partial charge in [-0.25, -0.2) is 4.98 Å². The molecule has 1 unspecified atom stereocenters. The van der Waals surface area contributed by atoms with Crippen LogP contribution in [0.25, 0.3) is 11.3 Å². The number of nitrogens with zero attached hydrogens (tertiary/aromatic N) is 4. The van der Waals surface area contributed by atoms with Crippen LogP contribution in [0.5, 0.6) is 0 Å². The molecule has 3 aromatic rings. The summed E-state index contributed by atoms with van der Waals surface area (Å²) in [5.74, 6) is 0.165. The summed E-state index contributed by atoms with van der Waals surface area (Å²) in [7, 11) is 0. The molecule has 0 aliphatic carbocycles. The highest BCUT2D eigenvalue weighted by atomic mass is 16.2. The smallest absolute Gasteiger partial charge is 0.257 e. The molecule has 4 rings (SSSR count). The first-order chi connectivity index (χ1) is 15.1. The zero-order valence-electron chi connectivity index (χ0n) is 17.8. The number of amides is 2. The molecule has 8 nitrogen and oxygen atoms in total. The minimum Gasteiger partial charge on any atom is -0.354 e. The number of likely N-dealkylation sites (tertiary alicyclic amines) is 1. The SMILES string of the molecule is Cc1ccc(-c2[nH]ncc2C(=O)N2CCCC(CC(=O)NCCn3ccnc3)C2)cc1. The molecule has 2 N–H and O–H groups in total. The Kier molecular flexibility index (Phi) is 6.45. The summed E-state index contributed by atoms with van der Waals surface area (Å²) < 4.78 is 1.93. The van der Waals surface area contributed by atoms with Gasteiger partial charge in [-0.2, -0.15) is 5.10 Å². The first-order valence-corrected chi connectivity index (χ1v) is 10.7. The van der Waals surface area contributed by atoms with E-state index in [-0.39, 0.29) is 17.7 Å². The summed E-state index contributed by atoms with van der Waals surface area (Å²) in [5, 5.41) is 10.1. The van der Waals surface area contributed by atoms with E-state index in [9.17, 15) is 9.59 Å². The van der Waals surface area contributed by atoms with Crippen molar-refractivity contribution >= 4 is 11.8 Å². The van der Waals surface area contributed by atoms with Gasteiger partial charge in [-0.3, -0.25) is 14.7 Å². The predicted octanol–water partition coefficient (Wildman–Crippen LogP) is 2.64. The topological polar surface area (TPSA) is 95.9 Å². The molecule has 1 aromatic carbocycles. The molecule has 0 saturated carbocycles. The Bertz CT molecular complexity index is 1010. The van der Waals surface area contributed by atoms with E-state index in [4.69, 9.17) is 0 Å². The Balaban J connectivity index is 1.33. The first-order valence-electron chi connectivity index (χ1n) is 10.7. The molecule has 1 aliphatic rings. The number of aromatic nitrogens is 4. The van der Waals surface area contributed by atoms with Gasteiger partial charge in [-0.05, 0) is 25.7 Å². The zero-order chi connectivity index (χ0) is 21.6. The maximum absolute atomic E-state index is 13.2.